The van der Waals surface area contributed by atoms with Crippen LogP contribution in [0.25, 0.3) is 0 Å². The average Bonchev–Trinajstić information content (AvgIpc) is 2.34. The predicted molar refractivity (Wildman–Crippen MR) is 64.9 cm³/mol. The highest BCUT2D eigenvalue weighted by Crippen LogP contribution is 2.21. The Morgan fingerprint density at radius 3 is 2.70 bits per heavy atom. The Morgan fingerprint density at radius 2 is 2.10 bits per heavy atom. The zero-order valence-electron chi connectivity index (χ0n) is 10.7. The van der Waals surface area contributed by atoms with Gasteiger partial charge in [-0.25, -0.2) is 0 Å². The van der Waals surface area contributed by atoms with E-state index in [-0.39, 0.29) is 11.3 Å². The lowest BCUT2D eigenvalue weighted by atomic mass is 10.2. The maximum Gasteiger partial charge on any atom is 0.391 e. The molecule has 0 spiro atoms. The van der Waals surface area contributed by atoms with Crippen LogP contribution in [0.5, 0.6) is 5.75 Å². The smallest absolute Gasteiger partial charge is 0.391 e. The van der Waals surface area contributed by atoms with Crippen LogP contribution in [0.2, 0.25) is 0 Å². The van der Waals surface area contributed by atoms with Crippen LogP contribution in [0.15, 0.2) is 24.3 Å². The molecule has 1 N–H and O–H groups in total. The van der Waals surface area contributed by atoms with Gasteiger partial charge in [-0.3, -0.25) is 4.79 Å². The van der Waals surface area contributed by atoms with Crippen LogP contribution < -0.4 is 10.1 Å². The molecule has 1 aromatic carbocycles. The van der Waals surface area contributed by atoms with E-state index in [2.05, 4.69) is 5.32 Å². The molecule has 1 atom stereocenters. The van der Waals surface area contributed by atoms with Crippen molar-refractivity contribution in [1.82, 2.24) is 5.32 Å². The van der Waals surface area contributed by atoms with E-state index in [0.717, 1.165) is 0 Å². The summed E-state index contributed by atoms with van der Waals surface area (Å²) in [6.45, 7) is 0.815. The first-order chi connectivity index (χ1) is 9.31. The summed E-state index contributed by atoms with van der Waals surface area (Å²) in [6, 6.07) is 7.13. The first-order valence-electron chi connectivity index (χ1n) is 5.80. The second-order valence-electron chi connectivity index (χ2n) is 4.18. The number of ether oxygens (including phenoxy) is 1. The Hall–Kier alpha value is -2.23. The zero-order chi connectivity index (χ0) is 15.2. The van der Waals surface area contributed by atoms with E-state index in [1.807, 2.05) is 6.07 Å². The van der Waals surface area contributed by atoms with Crippen molar-refractivity contribution in [3.05, 3.63) is 29.8 Å². The van der Waals surface area contributed by atoms with Crippen molar-refractivity contribution in [2.75, 3.05) is 6.61 Å². The number of amides is 1. The maximum atomic E-state index is 12.1. The van der Waals surface area contributed by atoms with Crippen LogP contribution in [0.4, 0.5) is 13.2 Å². The summed E-state index contributed by atoms with van der Waals surface area (Å²) < 4.78 is 41.4. The van der Waals surface area contributed by atoms with E-state index < -0.39 is 31.2 Å². The number of nitrogens with one attached hydrogen (secondary N) is 1. The second kappa shape index (κ2) is 6.80. The van der Waals surface area contributed by atoms with Gasteiger partial charge in [0, 0.05) is 6.04 Å². The molecule has 0 radical (unpaired) electrons. The number of halogens is 3. The number of hydrogen-bond donors (Lipinski definition) is 1. The molecule has 0 saturated carbocycles. The standard InChI is InChI=1S/C13H13F3N2O2/c1-9(6-13(14,15)16)18-12(19)8-20-11-5-3-2-4-10(11)7-17/h2-5,9H,6,8H2,1H3,(H,18,19). The summed E-state index contributed by atoms with van der Waals surface area (Å²) in [7, 11) is 0. The van der Waals surface area contributed by atoms with Crippen LogP contribution in [-0.2, 0) is 4.79 Å². The van der Waals surface area contributed by atoms with Gasteiger partial charge in [0.25, 0.3) is 5.91 Å². The second-order valence-corrected chi connectivity index (χ2v) is 4.18. The molecule has 1 amide bonds. The Balaban J connectivity index is 2.46. The van der Waals surface area contributed by atoms with Gasteiger partial charge < -0.3 is 10.1 Å². The van der Waals surface area contributed by atoms with E-state index in [1.54, 1.807) is 12.1 Å². The average molecular weight is 286 g/mol. The molecule has 0 aliphatic rings. The molecule has 1 rings (SSSR count). The van der Waals surface area contributed by atoms with Crippen molar-refractivity contribution in [2.45, 2.75) is 25.6 Å². The van der Waals surface area contributed by atoms with Gasteiger partial charge in [-0.15, -0.1) is 0 Å². The first-order valence-corrected chi connectivity index (χ1v) is 5.80. The van der Waals surface area contributed by atoms with Crippen LogP contribution in [-0.4, -0.2) is 24.7 Å². The fourth-order valence-corrected chi connectivity index (χ4v) is 1.54. The summed E-state index contributed by atoms with van der Waals surface area (Å²) >= 11 is 0. The molecule has 108 valence electrons. The van der Waals surface area contributed by atoms with E-state index in [1.165, 1.54) is 19.1 Å². The van der Waals surface area contributed by atoms with Crippen molar-refractivity contribution < 1.29 is 22.7 Å². The molecule has 0 bridgehead atoms. The normalized spacial score (nSPS) is 12.3. The van der Waals surface area contributed by atoms with Gasteiger partial charge >= 0.3 is 6.18 Å². The van der Waals surface area contributed by atoms with Gasteiger partial charge in [-0.05, 0) is 19.1 Å². The number of alkyl halides is 3. The minimum Gasteiger partial charge on any atom is -0.482 e. The van der Waals surface area contributed by atoms with Crippen LogP contribution in [0.1, 0.15) is 18.9 Å². The number of benzene rings is 1. The number of nitriles is 1. The van der Waals surface area contributed by atoms with Gasteiger partial charge in [0.15, 0.2) is 6.61 Å². The topological polar surface area (TPSA) is 62.1 Å². The molecule has 0 saturated heterocycles. The van der Waals surface area contributed by atoms with Crippen molar-refractivity contribution >= 4 is 5.91 Å². The van der Waals surface area contributed by atoms with Gasteiger partial charge in [0.2, 0.25) is 0 Å². The number of carbonyl (C=O) groups is 1. The third-order valence-corrected chi connectivity index (χ3v) is 2.31. The van der Waals surface area contributed by atoms with E-state index in [4.69, 9.17) is 10.00 Å². The molecular weight excluding hydrogens is 273 g/mol. The number of hydrogen-bond acceptors (Lipinski definition) is 3. The Labute approximate surface area is 114 Å². The first kappa shape index (κ1) is 15.8. The van der Waals surface area contributed by atoms with Gasteiger partial charge in [0.1, 0.15) is 11.8 Å². The van der Waals surface area contributed by atoms with E-state index >= 15 is 0 Å². The molecule has 0 heterocycles. The minimum absolute atomic E-state index is 0.216. The summed E-state index contributed by atoms with van der Waals surface area (Å²) in [4.78, 5) is 11.4. The molecule has 20 heavy (non-hydrogen) atoms. The molecule has 0 aliphatic heterocycles. The fraction of sp³-hybridized carbons (Fsp3) is 0.385. The van der Waals surface area contributed by atoms with E-state index in [0.29, 0.717) is 0 Å². The summed E-state index contributed by atoms with van der Waals surface area (Å²) in [5.41, 5.74) is 0.253. The highest BCUT2D eigenvalue weighted by Gasteiger charge is 2.30. The van der Waals surface area contributed by atoms with Crippen molar-refractivity contribution in [3.63, 3.8) is 0 Å². The molecule has 0 aliphatic carbocycles. The Kier molecular flexibility index (Phi) is 5.38. The molecule has 0 fully saturated rings. The number of carbonyl (C=O) groups excluding carboxylic acids is 1. The molecule has 1 unspecified atom stereocenters. The lowest BCUT2D eigenvalue weighted by Gasteiger charge is -2.16. The number of rotatable bonds is 5. The van der Waals surface area contributed by atoms with Gasteiger partial charge in [-0.2, -0.15) is 18.4 Å². The molecule has 0 aromatic heterocycles. The van der Waals surface area contributed by atoms with Crippen molar-refractivity contribution in [1.29, 1.82) is 5.26 Å². The summed E-state index contributed by atoms with van der Waals surface area (Å²) in [5.74, 6) is -0.455. The molecule has 7 heteroatoms. The van der Waals surface area contributed by atoms with Crippen LogP contribution in [0, 0.1) is 11.3 Å². The summed E-state index contributed by atoms with van der Waals surface area (Å²) in [6.07, 6.45) is -5.44. The van der Waals surface area contributed by atoms with Crippen LogP contribution >= 0.6 is 0 Å². The predicted octanol–water partition coefficient (Wildman–Crippen LogP) is 2.39. The third kappa shape index (κ3) is 5.61. The van der Waals surface area contributed by atoms with E-state index in [9.17, 15) is 18.0 Å². The fourth-order valence-electron chi connectivity index (χ4n) is 1.54. The SMILES string of the molecule is CC(CC(F)(F)F)NC(=O)COc1ccccc1C#N. The number of para-hydroxylation sites is 1. The molecule has 4 nitrogen and oxygen atoms in total. The maximum absolute atomic E-state index is 12.1. The molecule has 1 aromatic rings. The highest BCUT2D eigenvalue weighted by molar-refractivity contribution is 5.77. The molecular formula is C13H13F3N2O2. The lowest BCUT2D eigenvalue weighted by Crippen LogP contribution is -2.38. The summed E-state index contributed by atoms with van der Waals surface area (Å²) in [5, 5.41) is 11.0. The van der Waals surface area contributed by atoms with Gasteiger partial charge in [-0.1, -0.05) is 12.1 Å². The van der Waals surface area contributed by atoms with Crippen molar-refractivity contribution in [3.8, 4) is 11.8 Å². The quantitative estimate of drug-likeness (QED) is 0.904. The third-order valence-electron chi connectivity index (χ3n) is 2.31. The Bertz CT molecular complexity index is 509. The Morgan fingerprint density at radius 1 is 1.45 bits per heavy atom. The van der Waals surface area contributed by atoms with Crippen LogP contribution in [0.3, 0.4) is 0 Å². The highest BCUT2D eigenvalue weighted by atomic mass is 19.4. The largest absolute Gasteiger partial charge is 0.482 e. The monoisotopic (exact) mass is 286 g/mol. The lowest BCUT2D eigenvalue weighted by molar-refractivity contribution is -0.141. The zero-order valence-corrected chi connectivity index (χ0v) is 10.7. The van der Waals surface area contributed by atoms with Crippen molar-refractivity contribution in [2.24, 2.45) is 0 Å². The minimum atomic E-state index is -4.33. The van der Waals surface area contributed by atoms with Gasteiger partial charge in [0.05, 0.1) is 12.0 Å². The number of nitrogens with zero attached hydrogens (tertiary/aromatic N) is 1.